The summed E-state index contributed by atoms with van der Waals surface area (Å²) < 4.78 is 1.93. The molecule has 1 N–H and O–H groups in total. The number of aromatic nitrogens is 2. The van der Waals surface area contributed by atoms with Crippen molar-refractivity contribution >= 4 is 23.6 Å². The van der Waals surface area contributed by atoms with E-state index in [9.17, 15) is 9.59 Å². The monoisotopic (exact) mass is 311 g/mol. The van der Waals surface area contributed by atoms with Crippen LogP contribution in [0.3, 0.4) is 0 Å². The van der Waals surface area contributed by atoms with Crippen LogP contribution in [-0.4, -0.2) is 50.8 Å². The number of carbonyl (C=O) groups is 2. The molecular formula is C14H21N3O3S. The van der Waals surface area contributed by atoms with E-state index in [1.165, 1.54) is 0 Å². The molecule has 21 heavy (non-hydrogen) atoms. The molecule has 0 radical (unpaired) electrons. The molecule has 1 fully saturated rings. The van der Waals surface area contributed by atoms with Crippen LogP contribution >= 0.6 is 11.8 Å². The molecule has 6 nitrogen and oxygen atoms in total. The van der Waals surface area contributed by atoms with Crippen molar-refractivity contribution in [1.82, 2.24) is 14.5 Å². The van der Waals surface area contributed by atoms with Gasteiger partial charge in [0.25, 0.3) is 0 Å². The zero-order chi connectivity index (χ0) is 15.8. The van der Waals surface area contributed by atoms with E-state index in [2.05, 4.69) is 25.8 Å². The molecule has 1 amide bonds. The van der Waals surface area contributed by atoms with Gasteiger partial charge >= 0.3 is 5.97 Å². The predicted molar refractivity (Wildman–Crippen MR) is 80.6 cm³/mol. The fourth-order valence-electron chi connectivity index (χ4n) is 2.48. The Morgan fingerprint density at radius 1 is 1.52 bits per heavy atom. The van der Waals surface area contributed by atoms with Gasteiger partial charge < -0.3 is 14.6 Å². The lowest BCUT2D eigenvalue weighted by Gasteiger charge is -2.24. The van der Waals surface area contributed by atoms with E-state index < -0.39 is 5.97 Å². The summed E-state index contributed by atoms with van der Waals surface area (Å²) in [6.45, 7) is 6.91. The first-order valence-corrected chi connectivity index (χ1v) is 7.87. The second-order valence-electron chi connectivity index (χ2n) is 6.29. The van der Waals surface area contributed by atoms with Crippen molar-refractivity contribution in [3.63, 3.8) is 0 Å². The van der Waals surface area contributed by atoms with Gasteiger partial charge in [-0.25, -0.2) is 4.98 Å². The minimum atomic E-state index is -0.887. The van der Waals surface area contributed by atoms with Gasteiger partial charge in [-0.2, -0.15) is 0 Å². The Hall–Kier alpha value is -1.50. The summed E-state index contributed by atoms with van der Waals surface area (Å²) in [5, 5.41) is 9.47. The third-order valence-electron chi connectivity index (χ3n) is 3.57. The Morgan fingerprint density at radius 3 is 2.67 bits per heavy atom. The maximum absolute atomic E-state index is 12.3. The lowest BCUT2D eigenvalue weighted by atomic mass is 9.92. The van der Waals surface area contributed by atoms with Crippen molar-refractivity contribution in [2.24, 2.45) is 0 Å². The largest absolute Gasteiger partial charge is 0.481 e. The first kappa shape index (κ1) is 15.9. The van der Waals surface area contributed by atoms with Gasteiger partial charge in [0.05, 0.1) is 5.75 Å². The third kappa shape index (κ3) is 3.23. The van der Waals surface area contributed by atoms with Gasteiger partial charge in [-0.15, -0.1) is 0 Å². The molecule has 1 aromatic heterocycles. The Labute approximate surface area is 128 Å². The molecule has 0 spiro atoms. The van der Waals surface area contributed by atoms with Crippen LogP contribution in [0.15, 0.2) is 11.4 Å². The van der Waals surface area contributed by atoms with Crippen LogP contribution in [0.2, 0.25) is 0 Å². The van der Waals surface area contributed by atoms with Crippen LogP contribution in [-0.2, 0) is 15.0 Å². The molecule has 2 rings (SSSR count). The average Bonchev–Trinajstić information content (AvgIpc) is 2.91. The third-order valence-corrected chi connectivity index (χ3v) is 4.52. The number of rotatable bonds is 4. The highest BCUT2D eigenvalue weighted by Crippen LogP contribution is 2.34. The summed E-state index contributed by atoms with van der Waals surface area (Å²) in [6, 6.07) is -0.275. The molecule has 1 unspecified atom stereocenters. The number of hydrogen-bond acceptors (Lipinski definition) is 4. The summed E-state index contributed by atoms with van der Waals surface area (Å²) in [7, 11) is 1.79. The van der Waals surface area contributed by atoms with Crippen molar-refractivity contribution in [3.05, 3.63) is 11.9 Å². The molecule has 0 aromatic carbocycles. The van der Waals surface area contributed by atoms with Gasteiger partial charge in [0.2, 0.25) is 5.91 Å². The van der Waals surface area contributed by atoms with Crippen molar-refractivity contribution in [3.8, 4) is 0 Å². The second kappa shape index (κ2) is 5.71. The molecule has 0 aliphatic carbocycles. The number of carboxylic acids is 1. The smallest absolute Gasteiger partial charge is 0.313 e. The number of carbonyl (C=O) groups excluding carboxylic acids is 1. The van der Waals surface area contributed by atoms with E-state index in [1.54, 1.807) is 18.1 Å². The van der Waals surface area contributed by atoms with Crippen LogP contribution in [0, 0.1) is 0 Å². The maximum Gasteiger partial charge on any atom is 0.313 e. The molecule has 1 aliphatic rings. The molecule has 1 aliphatic heterocycles. The first-order chi connectivity index (χ1) is 9.71. The van der Waals surface area contributed by atoms with Crippen LogP contribution in [0.1, 0.15) is 38.9 Å². The van der Waals surface area contributed by atoms with E-state index in [-0.39, 0.29) is 23.1 Å². The quantitative estimate of drug-likeness (QED) is 0.858. The van der Waals surface area contributed by atoms with E-state index >= 15 is 0 Å². The normalized spacial score (nSPS) is 19.3. The van der Waals surface area contributed by atoms with E-state index in [0.29, 0.717) is 11.7 Å². The molecule has 1 saturated heterocycles. The second-order valence-corrected chi connectivity index (χ2v) is 7.24. The van der Waals surface area contributed by atoms with Crippen LogP contribution in [0.5, 0.6) is 0 Å². The molecule has 0 saturated carbocycles. The summed E-state index contributed by atoms with van der Waals surface area (Å²) >= 11 is 1.16. The number of likely N-dealkylation sites (N-methyl/N-ethyl adjacent to an activating group) is 1. The fourth-order valence-corrected chi connectivity index (χ4v) is 3.22. The number of hydrogen-bond donors (Lipinski definition) is 1. The Bertz CT molecular complexity index is 562. The highest BCUT2D eigenvalue weighted by molar-refractivity contribution is 7.99. The minimum Gasteiger partial charge on any atom is -0.481 e. The SMILES string of the molecule is CN1CCC(n2c(C(C)(C)C)cnc2SCC(=O)O)C1=O. The van der Waals surface area contributed by atoms with Gasteiger partial charge in [0, 0.05) is 30.9 Å². The van der Waals surface area contributed by atoms with E-state index in [0.717, 1.165) is 23.9 Å². The minimum absolute atomic E-state index is 0.0582. The topological polar surface area (TPSA) is 75.4 Å². The lowest BCUT2D eigenvalue weighted by molar-refractivity contribution is -0.134. The van der Waals surface area contributed by atoms with Gasteiger partial charge in [-0.05, 0) is 6.42 Å². The van der Waals surface area contributed by atoms with Gasteiger partial charge in [-0.1, -0.05) is 32.5 Å². The first-order valence-electron chi connectivity index (χ1n) is 6.89. The molecular weight excluding hydrogens is 290 g/mol. The van der Waals surface area contributed by atoms with Crippen molar-refractivity contribution in [1.29, 1.82) is 0 Å². The predicted octanol–water partition coefficient (Wildman–Crippen LogP) is 1.76. The molecule has 1 atom stereocenters. The zero-order valence-electron chi connectivity index (χ0n) is 12.8. The zero-order valence-corrected chi connectivity index (χ0v) is 13.6. The summed E-state index contributed by atoms with van der Waals surface area (Å²) in [6.07, 6.45) is 2.49. The number of thioether (sulfide) groups is 1. The van der Waals surface area contributed by atoms with Gasteiger partial charge in [0.1, 0.15) is 6.04 Å². The molecule has 116 valence electrons. The number of aliphatic carboxylic acids is 1. The summed E-state index contributed by atoms with van der Waals surface area (Å²) in [5.41, 5.74) is 0.806. The van der Waals surface area contributed by atoms with E-state index in [4.69, 9.17) is 5.11 Å². The highest BCUT2D eigenvalue weighted by atomic mass is 32.2. The molecule has 0 bridgehead atoms. The van der Waals surface area contributed by atoms with Crippen molar-refractivity contribution in [2.45, 2.75) is 43.8 Å². The number of nitrogens with zero attached hydrogens (tertiary/aromatic N) is 3. The van der Waals surface area contributed by atoms with Gasteiger partial charge in [0.15, 0.2) is 5.16 Å². The Morgan fingerprint density at radius 2 is 2.19 bits per heavy atom. The number of amides is 1. The Balaban J connectivity index is 2.41. The van der Waals surface area contributed by atoms with E-state index in [1.807, 2.05) is 4.57 Å². The van der Waals surface area contributed by atoms with Crippen molar-refractivity contribution < 1.29 is 14.7 Å². The Kier molecular flexibility index (Phi) is 4.32. The number of likely N-dealkylation sites (tertiary alicyclic amines) is 1. The van der Waals surface area contributed by atoms with Gasteiger partial charge in [-0.3, -0.25) is 9.59 Å². The molecule has 2 heterocycles. The van der Waals surface area contributed by atoms with Crippen LogP contribution in [0.25, 0.3) is 0 Å². The standard InChI is InChI=1S/C14H21N3O3S/c1-14(2,3)10-7-15-13(21-8-11(18)19)17(10)9-5-6-16(4)12(9)20/h7,9H,5-6,8H2,1-4H3,(H,18,19). The summed E-state index contributed by atoms with van der Waals surface area (Å²) in [5.74, 6) is -0.880. The number of carboxylic acid groups (broad SMARTS) is 1. The molecule has 1 aromatic rings. The summed E-state index contributed by atoms with van der Waals surface area (Å²) in [4.78, 5) is 29.2. The number of imidazole rings is 1. The maximum atomic E-state index is 12.3. The highest BCUT2D eigenvalue weighted by Gasteiger charge is 2.35. The van der Waals surface area contributed by atoms with Crippen LogP contribution < -0.4 is 0 Å². The van der Waals surface area contributed by atoms with Crippen LogP contribution in [0.4, 0.5) is 0 Å². The van der Waals surface area contributed by atoms with Crippen molar-refractivity contribution in [2.75, 3.05) is 19.3 Å². The average molecular weight is 311 g/mol. The lowest BCUT2D eigenvalue weighted by Crippen LogP contribution is -2.28. The molecule has 7 heteroatoms. The fraction of sp³-hybridized carbons (Fsp3) is 0.643.